The second-order valence-corrected chi connectivity index (χ2v) is 8.24. The molecule has 8 nitrogen and oxygen atoms in total. The topological polar surface area (TPSA) is 94.2 Å². The molecule has 0 spiro atoms. The highest BCUT2D eigenvalue weighted by Gasteiger charge is 2.22. The normalized spacial score (nSPS) is 11.5. The van der Waals surface area contributed by atoms with Crippen molar-refractivity contribution in [1.82, 2.24) is 4.31 Å². The average Bonchev–Trinajstić information content (AvgIpc) is 2.71. The van der Waals surface area contributed by atoms with Crippen LogP contribution in [-0.2, 0) is 14.8 Å². The molecule has 0 atom stereocenters. The predicted octanol–water partition coefficient (Wildman–Crippen LogP) is 2.61. The zero-order valence-electron chi connectivity index (χ0n) is 16.9. The van der Waals surface area contributed by atoms with Crippen molar-refractivity contribution in [2.45, 2.75) is 4.90 Å². The molecule has 0 aliphatic heterocycles. The third-order valence-electron chi connectivity index (χ3n) is 3.99. The van der Waals surface area contributed by atoms with Crippen molar-refractivity contribution in [1.29, 1.82) is 0 Å². The summed E-state index contributed by atoms with van der Waals surface area (Å²) in [6.45, 7) is 0. The maximum Gasteiger partial charge on any atom is 0.248 e. The number of sulfonamides is 1. The lowest BCUT2D eigenvalue weighted by atomic mass is 10.2. The molecule has 0 aliphatic carbocycles. The van der Waals surface area contributed by atoms with Crippen LogP contribution >= 0.6 is 0 Å². The first-order chi connectivity index (χ1) is 13.7. The van der Waals surface area contributed by atoms with Crippen LogP contribution < -0.4 is 19.5 Å². The van der Waals surface area contributed by atoms with Gasteiger partial charge >= 0.3 is 0 Å². The van der Waals surface area contributed by atoms with Crippen molar-refractivity contribution in [3.63, 3.8) is 0 Å². The lowest BCUT2D eigenvalue weighted by molar-refractivity contribution is -0.111. The molecule has 1 amide bonds. The molecule has 0 bridgehead atoms. The zero-order valence-corrected chi connectivity index (χ0v) is 17.7. The van der Waals surface area contributed by atoms with Crippen molar-refractivity contribution < 1.29 is 27.4 Å². The van der Waals surface area contributed by atoms with Gasteiger partial charge in [-0.15, -0.1) is 0 Å². The number of carbonyl (C=O) groups is 1. The van der Waals surface area contributed by atoms with E-state index in [1.165, 1.54) is 53.6 Å². The minimum atomic E-state index is -3.70. The number of anilines is 1. The highest BCUT2D eigenvalue weighted by Crippen LogP contribution is 2.28. The Morgan fingerprint density at radius 2 is 1.59 bits per heavy atom. The fourth-order valence-electron chi connectivity index (χ4n) is 2.43. The maximum atomic E-state index is 12.5. The molecule has 0 saturated heterocycles. The van der Waals surface area contributed by atoms with Crippen LogP contribution in [0.1, 0.15) is 5.56 Å². The Morgan fingerprint density at radius 1 is 0.966 bits per heavy atom. The quantitative estimate of drug-likeness (QED) is 0.660. The Kier molecular flexibility index (Phi) is 7.24. The molecule has 0 aliphatic rings. The van der Waals surface area contributed by atoms with E-state index in [0.717, 1.165) is 4.31 Å². The van der Waals surface area contributed by atoms with Gasteiger partial charge < -0.3 is 19.5 Å². The molecule has 1 N–H and O–H groups in total. The Hall–Kier alpha value is -3.04. The molecule has 156 valence electrons. The number of nitrogens with zero attached hydrogens (tertiary/aromatic N) is 1. The van der Waals surface area contributed by atoms with Crippen LogP contribution in [0.3, 0.4) is 0 Å². The fraction of sp³-hybridized carbons (Fsp3) is 0.250. The van der Waals surface area contributed by atoms with Crippen molar-refractivity contribution in [2.24, 2.45) is 0 Å². The monoisotopic (exact) mass is 420 g/mol. The van der Waals surface area contributed by atoms with Gasteiger partial charge in [0.15, 0.2) is 0 Å². The second-order valence-electron chi connectivity index (χ2n) is 6.12. The maximum absolute atomic E-state index is 12.5. The highest BCUT2D eigenvalue weighted by atomic mass is 32.2. The van der Waals surface area contributed by atoms with E-state index in [-0.39, 0.29) is 10.6 Å². The Balaban J connectivity index is 2.25. The van der Waals surface area contributed by atoms with Gasteiger partial charge in [0.1, 0.15) is 22.1 Å². The van der Waals surface area contributed by atoms with E-state index in [0.29, 0.717) is 22.7 Å². The summed E-state index contributed by atoms with van der Waals surface area (Å²) in [7, 11) is 3.61. The van der Waals surface area contributed by atoms with Crippen LogP contribution in [0, 0.1) is 0 Å². The average molecular weight is 420 g/mol. The molecule has 0 aromatic heterocycles. The molecule has 0 fully saturated rings. The van der Waals surface area contributed by atoms with E-state index in [4.69, 9.17) is 14.2 Å². The van der Waals surface area contributed by atoms with E-state index in [2.05, 4.69) is 5.32 Å². The van der Waals surface area contributed by atoms with Gasteiger partial charge in [0, 0.05) is 44.1 Å². The highest BCUT2D eigenvalue weighted by molar-refractivity contribution is 7.89. The number of benzene rings is 2. The lowest BCUT2D eigenvalue weighted by Gasteiger charge is -2.15. The molecule has 0 heterocycles. The number of rotatable bonds is 8. The summed E-state index contributed by atoms with van der Waals surface area (Å²) in [5, 5.41) is 2.71. The molecule has 2 aromatic rings. The van der Waals surface area contributed by atoms with Crippen molar-refractivity contribution in [3.8, 4) is 17.2 Å². The summed E-state index contributed by atoms with van der Waals surface area (Å²) >= 11 is 0. The number of nitrogens with one attached hydrogen (secondary N) is 1. The first-order valence-electron chi connectivity index (χ1n) is 8.54. The Morgan fingerprint density at radius 3 is 2.10 bits per heavy atom. The van der Waals surface area contributed by atoms with Gasteiger partial charge in [0.2, 0.25) is 15.9 Å². The third-order valence-corrected chi connectivity index (χ3v) is 5.83. The van der Waals surface area contributed by atoms with Gasteiger partial charge in [-0.25, -0.2) is 12.7 Å². The second kappa shape index (κ2) is 9.44. The Bertz CT molecular complexity index is 993. The van der Waals surface area contributed by atoms with Crippen LogP contribution in [0.15, 0.2) is 47.4 Å². The number of amides is 1. The molecular formula is C20H24N2O6S. The van der Waals surface area contributed by atoms with E-state index in [1.807, 2.05) is 0 Å². The molecule has 0 unspecified atom stereocenters. The van der Waals surface area contributed by atoms with Crippen molar-refractivity contribution in [2.75, 3.05) is 40.7 Å². The minimum Gasteiger partial charge on any atom is -0.497 e. The van der Waals surface area contributed by atoms with Gasteiger partial charge in [-0.2, -0.15) is 0 Å². The van der Waals surface area contributed by atoms with E-state index < -0.39 is 15.9 Å². The summed E-state index contributed by atoms with van der Waals surface area (Å²) < 4.78 is 41.6. The van der Waals surface area contributed by atoms with Gasteiger partial charge in [0.05, 0.1) is 21.3 Å². The largest absolute Gasteiger partial charge is 0.497 e. The first-order valence-corrected chi connectivity index (χ1v) is 9.98. The standard InChI is InChI=1S/C20H24N2O6S/c1-22(2)29(24,25)19-10-14(6-8-18(19)28-5)7-9-20(23)21-15-11-16(26-3)13-17(12-15)27-4/h6-13H,1-5H3,(H,21,23)/b9-7+. The number of carbonyl (C=O) groups excluding carboxylic acids is 1. The van der Waals surface area contributed by atoms with E-state index in [9.17, 15) is 13.2 Å². The summed E-state index contributed by atoms with van der Waals surface area (Å²) in [5.41, 5.74) is 1.03. The van der Waals surface area contributed by atoms with Crippen molar-refractivity contribution in [3.05, 3.63) is 48.0 Å². The predicted molar refractivity (Wildman–Crippen MR) is 111 cm³/mol. The zero-order chi connectivity index (χ0) is 21.6. The smallest absolute Gasteiger partial charge is 0.248 e. The molecular weight excluding hydrogens is 396 g/mol. The summed E-state index contributed by atoms with van der Waals surface area (Å²) in [4.78, 5) is 12.3. The molecule has 0 saturated carbocycles. The summed E-state index contributed by atoms with van der Waals surface area (Å²) in [6.07, 6.45) is 2.82. The SMILES string of the molecule is COc1cc(NC(=O)/C=C/c2ccc(OC)c(S(=O)(=O)N(C)C)c2)cc(OC)c1. The van der Waals surface area contributed by atoms with Gasteiger partial charge in [0.25, 0.3) is 0 Å². The van der Waals surface area contributed by atoms with Gasteiger partial charge in [-0.05, 0) is 23.8 Å². The molecule has 9 heteroatoms. The summed E-state index contributed by atoms with van der Waals surface area (Å²) in [6, 6.07) is 9.65. The first kappa shape index (κ1) is 22.3. The van der Waals surface area contributed by atoms with Crippen LogP contribution in [0.25, 0.3) is 6.08 Å². The number of hydrogen-bond acceptors (Lipinski definition) is 6. The number of ether oxygens (including phenoxy) is 3. The lowest BCUT2D eigenvalue weighted by Crippen LogP contribution is -2.22. The van der Waals surface area contributed by atoms with Crippen LogP contribution in [0.4, 0.5) is 5.69 Å². The number of methoxy groups -OCH3 is 3. The van der Waals surface area contributed by atoms with Crippen LogP contribution in [0.2, 0.25) is 0 Å². The number of hydrogen-bond donors (Lipinski definition) is 1. The Labute approximate surface area is 170 Å². The van der Waals surface area contributed by atoms with E-state index in [1.54, 1.807) is 30.3 Å². The van der Waals surface area contributed by atoms with E-state index >= 15 is 0 Å². The third kappa shape index (κ3) is 5.49. The fourth-order valence-corrected chi connectivity index (χ4v) is 3.51. The molecule has 2 rings (SSSR count). The molecule has 29 heavy (non-hydrogen) atoms. The van der Waals surface area contributed by atoms with Gasteiger partial charge in [-0.1, -0.05) is 6.07 Å². The molecule has 2 aromatic carbocycles. The minimum absolute atomic E-state index is 0.0186. The van der Waals surface area contributed by atoms with Crippen molar-refractivity contribution >= 4 is 27.7 Å². The van der Waals surface area contributed by atoms with Crippen LogP contribution in [0.5, 0.6) is 17.2 Å². The van der Waals surface area contributed by atoms with Crippen LogP contribution in [-0.4, -0.2) is 54.1 Å². The summed E-state index contributed by atoms with van der Waals surface area (Å²) in [5.74, 6) is 0.909. The molecule has 0 radical (unpaired) electrons. The van der Waals surface area contributed by atoms with Gasteiger partial charge in [-0.3, -0.25) is 4.79 Å².